The van der Waals surface area contributed by atoms with Crippen LogP contribution in [-0.2, 0) is 9.59 Å². The number of rotatable bonds is 35. The Labute approximate surface area is 311 Å². The number of amides is 2. The number of nitrogens with two attached hydrogens (primary N) is 3. The summed E-state index contributed by atoms with van der Waals surface area (Å²) in [5, 5.41) is 12.5. The fraction of sp³-hybridized carbons (Fsp3) is 0.949. The van der Waals surface area contributed by atoms with Gasteiger partial charge in [-0.05, 0) is 110 Å². The molecule has 50 heavy (non-hydrogen) atoms. The van der Waals surface area contributed by atoms with E-state index in [0.29, 0.717) is 52.1 Å². The SMILES string of the molecule is CCCCN(CCC(=O)NCCN)CCC(=O)NCCN.CCCCN(CCCC)CCCN.CCCCNCCCCCCNCCCC. The number of hydrogen-bond donors (Lipinski definition) is 7. The van der Waals surface area contributed by atoms with Crippen LogP contribution < -0.4 is 38.5 Å². The molecule has 0 saturated heterocycles. The lowest BCUT2D eigenvalue weighted by Crippen LogP contribution is -2.36. The van der Waals surface area contributed by atoms with Crippen LogP contribution in [0.1, 0.15) is 144 Å². The summed E-state index contributed by atoms with van der Waals surface area (Å²) in [6.07, 6.45) is 20.1. The highest BCUT2D eigenvalue weighted by molar-refractivity contribution is 5.76. The third kappa shape index (κ3) is 46.7. The zero-order chi connectivity index (χ0) is 37.8. The van der Waals surface area contributed by atoms with E-state index >= 15 is 0 Å². The molecule has 0 heterocycles. The van der Waals surface area contributed by atoms with Gasteiger partial charge in [0.05, 0.1) is 0 Å². The minimum absolute atomic E-state index is 0.00883. The van der Waals surface area contributed by atoms with Gasteiger partial charge in [0.25, 0.3) is 0 Å². The van der Waals surface area contributed by atoms with E-state index in [1.54, 1.807) is 0 Å². The van der Waals surface area contributed by atoms with Gasteiger partial charge in [-0.25, -0.2) is 0 Å². The summed E-state index contributed by atoms with van der Waals surface area (Å²) >= 11 is 0. The number of unbranched alkanes of at least 4 members (excludes halogenated alkanes) is 8. The van der Waals surface area contributed by atoms with Crippen molar-refractivity contribution in [3.05, 3.63) is 0 Å². The smallest absolute Gasteiger partial charge is 0.221 e. The zero-order valence-electron chi connectivity index (χ0n) is 34.1. The molecule has 10 N–H and O–H groups in total. The predicted octanol–water partition coefficient (Wildman–Crippen LogP) is 4.58. The summed E-state index contributed by atoms with van der Waals surface area (Å²) < 4.78 is 0. The van der Waals surface area contributed by atoms with Crippen LogP contribution in [0.15, 0.2) is 0 Å². The second-order valence-corrected chi connectivity index (χ2v) is 13.3. The van der Waals surface area contributed by atoms with Crippen molar-refractivity contribution in [3.63, 3.8) is 0 Å². The van der Waals surface area contributed by atoms with Crippen molar-refractivity contribution in [2.75, 3.05) is 98.2 Å². The van der Waals surface area contributed by atoms with Gasteiger partial charge in [-0.3, -0.25) is 9.59 Å². The second-order valence-electron chi connectivity index (χ2n) is 13.3. The Kier molecular flexibility index (Phi) is 50.5. The highest BCUT2D eigenvalue weighted by atomic mass is 16.2. The van der Waals surface area contributed by atoms with Crippen LogP contribution >= 0.6 is 0 Å². The number of carbonyl (C=O) groups excluding carboxylic acids is 2. The maximum absolute atomic E-state index is 11.6. The van der Waals surface area contributed by atoms with Crippen LogP contribution in [0.25, 0.3) is 0 Å². The van der Waals surface area contributed by atoms with Crippen LogP contribution in [0.3, 0.4) is 0 Å². The van der Waals surface area contributed by atoms with Crippen LogP contribution in [0.5, 0.6) is 0 Å². The summed E-state index contributed by atoms with van der Waals surface area (Å²) in [5.41, 5.74) is 16.2. The molecule has 302 valence electrons. The zero-order valence-corrected chi connectivity index (χ0v) is 34.1. The molecule has 0 aliphatic heterocycles. The van der Waals surface area contributed by atoms with E-state index in [4.69, 9.17) is 17.2 Å². The highest BCUT2D eigenvalue weighted by Crippen LogP contribution is 2.01. The summed E-state index contributed by atoms with van der Waals surface area (Å²) in [4.78, 5) is 27.9. The molecule has 11 heteroatoms. The van der Waals surface area contributed by atoms with Crippen molar-refractivity contribution in [1.29, 1.82) is 0 Å². The lowest BCUT2D eigenvalue weighted by molar-refractivity contribution is -0.121. The first-order valence-corrected chi connectivity index (χ1v) is 20.9. The average molecular weight is 716 g/mol. The molecular weight excluding hydrogens is 626 g/mol. The molecule has 0 aromatic rings. The molecule has 0 saturated carbocycles. The summed E-state index contributed by atoms with van der Waals surface area (Å²) in [6, 6.07) is 0. The van der Waals surface area contributed by atoms with Gasteiger partial charge >= 0.3 is 0 Å². The first kappa shape index (κ1) is 53.0. The van der Waals surface area contributed by atoms with E-state index in [1.807, 2.05) is 0 Å². The minimum atomic E-state index is 0.00883. The van der Waals surface area contributed by atoms with E-state index in [1.165, 1.54) is 123 Å². The molecule has 0 fully saturated rings. The van der Waals surface area contributed by atoms with Crippen molar-refractivity contribution < 1.29 is 9.59 Å². The van der Waals surface area contributed by atoms with Gasteiger partial charge in [-0.1, -0.05) is 79.6 Å². The molecule has 0 bridgehead atoms. The van der Waals surface area contributed by atoms with Gasteiger partial charge in [0.15, 0.2) is 0 Å². The van der Waals surface area contributed by atoms with E-state index in [9.17, 15) is 9.59 Å². The fourth-order valence-electron chi connectivity index (χ4n) is 4.96. The molecule has 0 aromatic carbocycles. The molecule has 0 unspecified atom stereocenters. The monoisotopic (exact) mass is 716 g/mol. The quantitative estimate of drug-likeness (QED) is 0.0465. The van der Waals surface area contributed by atoms with E-state index in [0.717, 1.165) is 32.4 Å². The maximum atomic E-state index is 11.6. The fourth-order valence-corrected chi connectivity index (χ4v) is 4.96. The average Bonchev–Trinajstić information content (AvgIpc) is 3.13. The molecule has 2 amide bonds. The Morgan fingerprint density at radius 2 is 0.740 bits per heavy atom. The van der Waals surface area contributed by atoms with Crippen LogP contribution in [0, 0.1) is 0 Å². The van der Waals surface area contributed by atoms with E-state index in [-0.39, 0.29) is 11.8 Å². The molecule has 0 radical (unpaired) electrons. The lowest BCUT2D eigenvalue weighted by Gasteiger charge is -2.21. The van der Waals surface area contributed by atoms with Crippen molar-refractivity contribution in [2.24, 2.45) is 17.2 Å². The number of carbonyl (C=O) groups is 2. The van der Waals surface area contributed by atoms with Gasteiger partial charge in [-0.2, -0.15) is 0 Å². The Balaban J connectivity index is -0.000000684. The summed E-state index contributed by atoms with van der Waals surface area (Å²) in [5.74, 6) is 0.0177. The van der Waals surface area contributed by atoms with E-state index < -0.39 is 0 Å². The van der Waals surface area contributed by atoms with Crippen LogP contribution in [0.2, 0.25) is 0 Å². The van der Waals surface area contributed by atoms with Gasteiger partial charge in [0, 0.05) is 52.1 Å². The predicted molar refractivity (Wildman–Crippen MR) is 219 cm³/mol. The second kappa shape index (κ2) is 47.7. The van der Waals surface area contributed by atoms with E-state index in [2.05, 4.69) is 65.7 Å². The van der Waals surface area contributed by atoms with Crippen molar-refractivity contribution >= 4 is 11.8 Å². The highest BCUT2D eigenvalue weighted by Gasteiger charge is 2.10. The van der Waals surface area contributed by atoms with Crippen molar-refractivity contribution in [1.82, 2.24) is 31.1 Å². The molecule has 0 aliphatic rings. The summed E-state index contributed by atoms with van der Waals surface area (Å²) in [6.45, 7) is 24.6. The molecule has 0 aromatic heterocycles. The maximum Gasteiger partial charge on any atom is 0.221 e. The largest absolute Gasteiger partial charge is 0.355 e. The molecule has 11 nitrogen and oxygen atoms in total. The topological polar surface area (TPSA) is 167 Å². The van der Waals surface area contributed by atoms with Gasteiger partial charge in [0.1, 0.15) is 0 Å². The molecule has 0 rings (SSSR count). The van der Waals surface area contributed by atoms with Gasteiger partial charge < -0.3 is 48.3 Å². The number of nitrogens with one attached hydrogen (secondary N) is 4. The Morgan fingerprint density at radius 3 is 1.08 bits per heavy atom. The van der Waals surface area contributed by atoms with Gasteiger partial charge in [-0.15, -0.1) is 0 Å². The first-order chi connectivity index (χ1) is 24.4. The molecule has 0 spiro atoms. The molecular formula is C39H89N9O2. The minimum Gasteiger partial charge on any atom is -0.355 e. The third-order valence-corrected chi connectivity index (χ3v) is 8.28. The van der Waals surface area contributed by atoms with Crippen LogP contribution in [-0.4, -0.2) is 120 Å². The Hall–Kier alpha value is -1.34. The number of nitrogens with zero attached hydrogens (tertiary/aromatic N) is 2. The molecule has 0 aliphatic carbocycles. The van der Waals surface area contributed by atoms with Crippen molar-refractivity contribution in [3.8, 4) is 0 Å². The Morgan fingerprint density at radius 1 is 0.400 bits per heavy atom. The Bertz CT molecular complexity index is 602. The lowest BCUT2D eigenvalue weighted by atomic mass is 10.2. The van der Waals surface area contributed by atoms with Crippen LogP contribution in [0.4, 0.5) is 0 Å². The van der Waals surface area contributed by atoms with Gasteiger partial charge in [0.2, 0.25) is 11.8 Å². The normalized spacial score (nSPS) is 10.8. The summed E-state index contributed by atoms with van der Waals surface area (Å²) in [7, 11) is 0. The standard InChI is InChI=1S/C14H31N5O2.C14H32N2.C11H26N2/c1-2-3-10-19(11-4-13(20)17-8-6-15)12-5-14(21)18-9-7-16;1-3-5-11-15-13-9-7-8-10-14-16-12-6-4-2;1-3-5-9-13(10-6-4-2)11-7-8-12/h2-12,15-16H2,1H3,(H,17,20)(H,18,21);15-16H,3-14H2,1-2H3;3-12H2,1-2H3. The van der Waals surface area contributed by atoms with Crippen molar-refractivity contribution in [2.45, 2.75) is 144 Å². The third-order valence-electron chi connectivity index (χ3n) is 8.28. The number of hydrogen-bond acceptors (Lipinski definition) is 9. The first-order valence-electron chi connectivity index (χ1n) is 20.9. The molecule has 0 atom stereocenters.